The molecule has 1 aliphatic rings. The monoisotopic (exact) mass is 342 g/mol. The van der Waals surface area contributed by atoms with Crippen LogP contribution in [0.1, 0.15) is 32.8 Å². The molecule has 1 aromatic heterocycles. The lowest BCUT2D eigenvalue weighted by molar-refractivity contribution is 0.165. The van der Waals surface area contributed by atoms with Crippen molar-refractivity contribution in [1.82, 2.24) is 10.3 Å². The lowest BCUT2D eigenvalue weighted by atomic mass is 10.1. The van der Waals surface area contributed by atoms with E-state index >= 15 is 0 Å². The number of hydrogen-bond acceptors (Lipinski definition) is 4. The smallest absolute Gasteiger partial charge is 0.217 e. The fraction of sp³-hybridized carbons (Fsp3) is 0.667. The molecule has 2 rings (SSSR count). The Labute approximate surface area is 129 Å². The molecule has 112 valence electrons. The van der Waals surface area contributed by atoms with Crippen molar-refractivity contribution in [3.8, 4) is 5.88 Å². The molecule has 0 spiro atoms. The summed E-state index contributed by atoms with van der Waals surface area (Å²) in [6, 6.07) is 2.06. The molecule has 0 radical (unpaired) electrons. The largest absolute Gasteiger partial charge is 0.477 e. The number of nitrogens with one attached hydrogen (secondary N) is 1. The Balaban J connectivity index is 1.99. The molecule has 1 aliphatic heterocycles. The van der Waals surface area contributed by atoms with Crippen molar-refractivity contribution >= 4 is 15.9 Å². The highest BCUT2D eigenvalue weighted by Crippen LogP contribution is 2.22. The summed E-state index contributed by atoms with van der Waals surface area (Å²) in [4.78, 5) is 4.39. The van der Waals surface area contributed by atoms with E-state index in [1.165, 1.54) is 0 Å². The van der Waals surface area contributed by atoms with Gasteiger partial charge in [0.25, 0.3) is 0 Å². The summed E-state index contributed by atoms with van der Waals surface area (Å²) in [5.74, 6) is 1.21. The van der Waals surface area contributed by atoms with Crippen LogP contribution in [0.15, 0.2) is 16.7 Å². The number of hydrogen-bond donors (Lipinski definition) is 1. The van der Waals surface area contributed by atoms with Crippen molar-refractivity contribution < 1.29 is 9.47 Å². The fourth-order valence-electron chi connectivity index (χ4n) is 2.00. The van der Waals surface area contributed by atoms with Crippen LogP contribution in [0.2, 0.25) is 0 Å². The number of ether oxygens (including phenoxy) is 2. The zero-order chi connectivity index (χ0) is 14.6. The van der Waals surface area contributed by atoms with Crippen LogP contribution in [0.5, 0.6) is 5.88 Å². The second kappa shape index (κ2) is 6.87. The van der Waals surface area contributed by atoms with E-state index in [2.05, 4.69) is 53.1 Å². The summed E-state index contributed by atoms with van der Waals surface area (Å²) in [5, 5.41) is 3.47. The van der Waals surface area contributed by atoms with Gasteiger partial charge in [0.05, 0.1) is 13.2 Å². The molecule has 1 saturated heterocycles. The van der Waals surface area contributed by atoms with Crippen LogP contribution < -0.4 is 10.1 Å². The van der Waals surface area contributed by atoms with Gasteiger partial charge in [0.15, 0.2) is 0 Å². The Morgan fingerprint density at radius 1 is 1.50 bits per heavy atom. The minimum atomic E-state index is 0.0683. The zero-order valence-corrected chi connectivity index (χ0v) is 14.0. The first-order valence-electron chi connectivity index (χ1n) is 7.04. The molecule has 1 atom stereocenters. The maximum Gasteiger partial charge on any atom is 0.217 e. The van der Waals surface area contributed by atoms with Crippen LogP contribution >= 0.6 is 15.9 Å². The third kappa shape index (κ3) is 5.04. The fourth-order valence-corrected chi connectivity index (χ4v) is 2.38. The maximum atomic E-state index is 5.89. The van der Waals surface area contributed by atoms with Crippen LogP contribution in [-0.4, -0.2) is 30.3 Å². The van der Waals surface area contributed by atoms with Crippen molar-refractivity contribution in [3.05, 3.63) is 22.3 Å². The molecule has 0 aromatic carbocycles. The molecule has 2 heterocycles. The van der Waals surface area contributed by atoms with Gasteiger partial charge in [-0.05, 0) is 49.2 Å². The number of halogens is 1. The Morgan fingerprint density at radius 2 is 2.30 bits per heavy atom. The first-order valence-corrected chi connectivity index (χ1v) is 7.83. The summed E-state index contributed by atoms with van der Waals surface area (Å²) in [7, 11) is 0. The molecule has 1 N–H and O–H groups in total. The number of nitrogens with zero attached hydrogens (tertiary/aromatic N) is 1. The van der Waals surface area contributed by atoms with Gasteiger partial charge in [0.1, 0.15) is 0 Å². The Kier molecular flexibility index (Phi) is 5.41. The topological polar surface area (TPSA) is 43.4 Å². The SMILES string of the molecule is CC(C)(C)NCc1cc(Br)cnc1OCC1CCOC1. The van der Waals surface area contributed by atoms with Crippen molar-refractivity contribution in [2.75, 3.05) is 19.8 Å². The normalized spacial score (nSPS) is 19.3. The minimum Gasteiger partial charge on any atom is -0.477 e. The molecule has 0 aliphatic carbocycles. The second-order valence-electron chi connectivity index (χ2n) is 6.26. The van der Waals surface area contributed by atoms with E-state index in [0.717, 1.165) is 42.1 Å². The highest BCUT2D eigenvalue weighted by Gasteiger charge is 2.18. The maximum absolute atomic E-state index is 5.89. The molecule has 4 nitrogen and oxygen atoms in total. The summed E-state index contributed by atoms with van der Waals surface area (Å²) >= 11 is 3.47. The lowest BCUT2D eigenvalue weighted by Gasteiger charge is -2.21. The van der Waals surface area contributed by atoms with Crippen LogP contribution in [0, 0.1) is 5.92 Å². The van der Waals surface area contributed by atoms with Gasteiger partial charge in [-0.3, -0.25) is 0 Å². The first-order chi connectivity index (χ1) is 9.44. The first kappa shape index (κ1) is 15.7. The predicted molar refractivity (Wildman–Crippen MR) is 83.0 cm³/mol. The summed E-state index contributed by atoms with van der Waals surface area (Å²) in [6.07, 6.45) is 2.85. The van der Waals surface area contributed by atoms with E-state index in [0.29, 0.717) is 12.5 Å². The van der Waals surface area contributed by atoms with Crippen LogP contribution in [0.4, 0.5) is 0 Å². The van der Waals surface area contributed by atoms with Crippen LogP contribution in [0.3, 0.4) is 0 Å². The highest BCUT2D eigenvalue weighted by molar-refractivity contribution is 9.10. The minimum absolute atomic E-state index is 0.0683. The van der Waals surface area contributed by atoms with Crippen LogP contribution in [0.25, 0.3) is 0 Å². The van der Waals surface area contributed by atoms with Crippen molar-refractivity contribution in [3.63, 3.8) is 0 Å². The molecular weight excluding hydrogens is 320 g/mol. The molecule has 1 unspecified atom stereocenters. The number of aromatic nitrogens is 1. The number of pyridine rings is 1. The lowest BCUT2D eigenvalue weighted by Crippen LogP contribution is -2.35. The van der Waals surface area contributed by atoms with Crippen molar-refractivity contribution in [2.45, 2.75) is 39.3 Å². The van der Waals surface area contributed by atoms with Gasteiger partial charge in [0.2, 0.25) is 5.88 Å². The van der Waals surface area contributed by atoms with Gasteiger partial charge in [0, 0.05) is 40.8 Å². The third-order valence-corrected chi connectivity index (χ3v) is 3.61. The average molecular weight is 343 g/mol. The standard InChI is InChI=1S/C15H23BrN2O2/c1-15(2,3)18-7-12-6-13(16)8-17-14(12)20-10-11-4-5-19-9-11/h6,8,11,18H,4-5,7,9-10H2,1-3H3. The average Bonchev–Trinajstić information content (AvgIpc) is 2.87. The van der Waals surface area contributed by atoms with Gasteiger partial charge in [-0.25, -0.2) is 4.98 Å². The van der Waals surface area contributed by atoms with Gasteiger partial charge >= 0.3 is 0 Å². The Hall–Kier alpha value is -0.650. The van der Waals surface area contributed by atoms with Crippen molar-refractivity contribution in [2.24, 2.45) is 5.92 Å². The molecule has 0 saturated carbocycles. The van der Waals surface area contributed by atoms with E-state index in [9.17, 15) is 0 Å². The van der Waals surface area contributed by atoms with Gasteiger partial charge < -0.3 is 14.8 Å². The van der Waals surface area contributed by atoms with E-state index in [4.69, 9.17) is 9.47 Å². The Bertz CT molecular complexity index is 440. The quantitative estimate of drug-likeness (QED) is 0.892. The zero-order valence-electron chi connectivity index (χ0n) is 12.4. The molecule has 5 heteroatoms. The van der Waals surface area contributed by atoms with Gasteiger partial charge in [-0.15, -0.1) is 0 Å². The number of rotatable bonds is 5. The second-order valence-corrected chi connectivity index (χ2v) is 7.18. The molecule has 0 amide bonds. The van der Waals surface area contributed by atoms with Crippen molar-refractivity contribution in [1.29, 1.82) is 0 Å². The van der Waals surface area contributed by atoms with E-state index in [1.807, 2.05) is 0 Å². The third-order valence-electron chi connectivity index (χ3n) is 3.18. The van der Waals surface area contributed by atoms with E-state index in [-0.39, 0.29) is 5.54 Å². The molecular formula is C15H23BrN2O2. The van der Waals surface area contributed by atoms with E-state index in [1.54, 1.807) is 6.20 Å². The summed E-state index contributed by atoms with van der Waals surface area (Å²) < 4.78 is 12.2. The van der Waals surface area contributed by atoms with E-state index < -0.39 is 0 Å². The van der Waals surface area contributed by atoms with Crippen LogP contribution in [-0.2, 0) is 11.3 Å². The molecule has 20 heavy (non-hydrogen) atoms. The summed E-state index contributed by atoms with van der Waals surface area (Å²) in [5.41, 5.74) is 1.15. The molecule has 1 fully saturated rings. The molecule has 0 bridgehead atoms. The highest BCUT2D eigenvalue weighted by atomic mass is 79.9. The molecule has 1 aromatic rings. The van der Waals surface area contributed by atoms with Gasteiger partial charge in [-0.2, -0.15) is 0 Å². The predicted octanol–water partition coefficient (Wildman–Crippen LogP) is 3.15. The summed E-state index contributed by atoms with van der Waals surface area (Å²) in [6.45, 7) is 9.51. The Morgan fingerprint density at radius 3 is 2.95 bits per heavy atom. The van der Waals surface area contributed by atoms with Gasteiger partial charge in [-0.1, -0.05) is 0 Å².